The Hall–Kier alpha value is -1.82. The second-order valence-electron chi connectivity index (χ2n) is 6.32. The molecule has 1 atom stereocenters. The topological polar surface area (TPSA) is 55.8 Å². The average molecular weight is 344 g/mol. The van der Waals surface area contributed by atoms with Gasteiger partial charge in [0.15, 0.2) is 0 Å². The number of nitrogens with zero attached hydrogens (tertiary/aromatic N) is 1. The SMILES string of the molecule is COC(=O)C1CCN(C(=O)OC(C)(C)C)c2cc(F)c(Cl)cc21. The zero-order valence-corrected chi connectivity index (χ0v) is 14.2. The normalized spacial score (nSPS) is 17.5. The maximum Gasteiger partial charge on any atom is 0.414 e. The molecule has 1 heterocycles. The van der Waals surface area contributed by atoms with Gasteiger partial charge in [-0.25, -0.2) is 9.18 Å². The second-order valence-corrected chi connectivity index (χ2v) is 6.73. The molecule has 1 aromatic rings. The molecule has 126 valence electrons. The first kappa shape index (κ1) is 17.5. The standard InChI is InChI=1S/C16H19ClFNO4/c1-16(2,3)23-15(21)19-6-5-9(14(20)22-4)10-7-11(17)12(18)8-13(10)19/h7-9H,5-6H2,1-4H3. The van der Waals surface area contributed by atoms with Gasteiger partial charge in [-0.2, -0.15) is 0 Å². The summed E-state index contributed by atoms with van der Waals surface area (Å²) < 4.78 is 24.0. The average Bonchev–Trinajstić information content (AvgIpc) is 2.44. The van der Waals surface area contributed by atoms with E-state index in [1.165, 1.54) is 18.1 Å². The highest BCUT2D eigenvalue weighted by Gasteiger charge is 2.36. The number of fused-ring (bicyclic) bond motifs is 1. The summed E-state index contributed by atoms with van der Waals surface area (Å²) in [7, 11) is 1.29. The van der Waals surface area contributed by atoms with Gasteiger partial charge in [-0.1, -0.05) is 11.6 Å². The van der Waals surface area contributed by atoms with Crippen LogP contribution in [0.4, 0.5) is 14.9 Å². The molecular formula is C16H19ClFNO4. The summed E-state index contributed by atoms with van der Waals surface area (Å²) in [5.74, 6) is -1.70. The van der Waals surface area contributed by atoms with Crippen LogP contribution in [-0.2, 0) is 14.3 Å². The van der Waals surface area contributed by atoms with Gasteiger partial charge in [0.2, 0.25) is 0 Å². The van der Waals surface area contributed by atoms with Gasteiger partial charge in [0.25, 0.3) is 0 Å². The highest BCUT2D eigenvalue weighted by molar-refractivity contribution is 6.31. The molecule has 2 rings (SSSR count). The van der Waals surface area contributed by atoms with E-state index in [-0.39, 0.29) is 17.3 Å². The van der Waals surface area contributed by atoms with Crippen molar-refractivity contribution >= 4 is 29.4 Å². The molecule has 1 amide bonds. The number of carbonyl (C=O) groups excluding carboxylic acids is 2. The Morgan fingerprint density at radius 3 is 2.57 bits per heavy atom. The molecule has 0 aliphatic carbocycles. The van der Waals surface area contributed by atoms with E-state index in [2.05, 4.69) is 0 Å². The molecule has 1 unspecified atom stereocenters. The molecule has 1 aromatic carbocycles. The molecule has 0 spiro atoms. The summed E-state index contributed by atoms with van der Waals surface area (Å²) in [5.41, 5.74) is 0.0599. The number of hydrogen-bond acceptors (Lipinski definition) is 4. The number of ether oxygens (including phenoxy) is 2. The third-order valence-electron chi connectivity index (χ3n) is 3.48. The van der Waals surface area contributed by atoms with Gasteiger partial charge in [-0.15, -0.1) is 0 Å². The van der Waals surface area contributed by atoms with Crippen LogP contribution in [0.2, 0.25) is 5.02 Å². The number of halogens is 2. The Morgan fingerprint density at radius 1 is 1.35 bits per heavy atom. The third-order valence-corrected chi connectivity index (χ3v) is 3.77. The third kappa shape index (κ3) is 3.75. The van der Waals surface area contributed by atoms with Crippen molar-refractivity contribution in [2.24, 2.45) is 0 Å². The minimum atomic E-state index is -0.679. The van der Waals surface area contributed by atoms with Gasteiger partial charge >= 0.3 is 12.1 Å². The molecule has 0 saturated carbocycles. The Kier molecular flexibility index (Phi) is 4.84. The van der Waals surface area contributed by atoms with Crippen molar-refractivity contribution in [1.29, 1.82) is 0 Å². The molecule has 0 fully saturated rings. The molecule has 23 heavy (non-hydrogen) atoms. The van der Waals surface area contributed by atoms with Crippen molar-refractivity contribution in [1.82, 2.24) is 0 Å². The van der Waals surface area contributed by atoms with Gasteiger partial charge in [0.1, 0.15) is 11.4 Å². The van der Waals surface area contributed by atoms with E-state index in [0.717, 1.165) is 6.07 Å². The highest BCUT2D eigenvalue weighted by atomic mass is 35.5. The number of carbonyl (C=O) groups is 2. The van der Waals surface area contributed by atoms with Crippen molar-refractivity contribution in [3.8, 4) is 0 Å². The van der Waals surface area contributed by atoms with Gasteiger partial charge in [-0.3, -0.25) is 9.69 Å². The summed E-state index contributed by atoms with van der Waals surface area (Å²) in [4.78, 5) is 25.6. The number of methoxy groups -OCH3 is 1. The Morgan fingerprint density at radius 2 is 2.00 bits per heavy atom. The molecule has 0 aromatic heterocycles. The smallest absolute Gasteiger partial charge is 0.414 e. The largest absolute Gasteiger partial charge is 0.469 e. The van der Waals surface area contributed by atoms with Crippen LogP contribution >= 0.6 is 11.6 Å². The van der Waals surface area contributed by atoms with Crippen LogP contribution in [0.25, 0.3) is 0 Å². The summed E-state index contributed by atoms with van der Waals surface area (Å²) in [6.07, 6.45) is -0.246. The monoisotopic (exact) mass is 343 g/mol. The Labute approximate surface area is 139 Å². The lowest BCUT2D eigenvalue weighted by molar-refractivity contribution is -0.142. The first-order valence-corrected chi connectivity index (χ1v) is 7.59. The van der Waals surface area contributed by atoms with Crippen molar-refractivity contribution in [2.45, 2.75) is 38.7 Å². The van der Waals surface area contributed by atoms with E-state index in [9.17, 15) is 14.0 Å². The molecule has 5 nitrogen and oxygen atoms in total. The van der Waals surface area contributed by atoms with Gasteiger partial charge in [0, 0.05) is 6.54 Å². The lowest BCUT2D eigenvalue weighted by Gasteiger charge is -2.34. The van der Waals surface area contributed by atoms with E-state index >= 15 is 0 Å². The molecule has 1 aliphatic heterocycles. The summed E-state index contributed by atoms with van der Waals surface area (Å²) in [5, 5.41) is -0.108. The Bertz CT molecular complexity index is 642. The van der Waals surface area contributed by atoms with Crippen molar-refractivity contribution in [2.75, 3.05) is 18.6 Å². The van der Waals surface area contributed by atoms with Gasteiger partial charge in [-0.05, 0) is 44.9 Å². The van der Waals surface area contributed by atoms with Crippen molar-refractivity contribution in [3.63, 3.8) is 0 Å². The minimum Gasteiger partial charge on any atom is -0.469 e. The maximum atomic E-state index is 13.9. The molecular weight excluding hydrogens is 325 g/mol. The van der Waals surface area contributed by atoms with Crippen LogP contribution in [0.15, 0.2) is 12.1 Å². The number of anilines is 1. The number of esters is 1. The van der Waals surface area contributed by atoms with E-state index < -0.39 is 29.4 Å². The van der Waals surface area contributed by atoms with Crippen LogP contribution in [0.5, 0.6) is 0 Å². The van der Waals surface area contributed by atoms with Crippen molar-refractivity contribution < 1.29 is 23.5 Å². The molecule has 0 saturated heterocycles. The first-order chi connectivity index (χ1) is 10.6. The summed E-state index contributed by atoms with van der Waals surface area (Å²) in [6, 6.07) is 2.51. The van der Waals surface area contributed by atoms with Crippen LogP contribution < -0.4 is 4.90 Å². The maximum absolute atomic E-state index is 13.9. The summed E-state index contributed by atoms with van der Waals surface area (Å²) in [6.45, 7) is 5.46. The number of amides is 1. The second kappa shape index (κ2) is 6.35. The predicted octanol–water partition coefficient (Wildman–Crippen LogP) is 3.88. The van der Waals surface area contributed by atoms with Crippen molar-refractivity contribution in [3.05, 3.63) is 28.5 Å². The fourth-order valence-corrected chi connectivity index (χ4v) is 2.66. The van der Waals surface area contributed by atoms with Crippen LogP contribution in [0, 0.1) is 5.82 Å². The molecule has 0 radical (unpaired) electrons. The molecule has 0 N–H and O–H groups in total. The molecule has 0 bridgehead atoms. The number of hydrogen-bond donors (Lipinski definition) is 0. The summed E-state index contributed by atoms with van der Waals surface area (Å²) >= 11 is 5.83. The van der Waals surface area contributed by atoms with Crippen LogP contribution in [-0.4, -0.2) is 31.3 Å². The van der Waals surface area contributed by atoms with Gasteiger partial charge < -0.3 is 9.47 Å². The predicted molar refractivity (Wildman–Crippen MR) is 84.4 cm³/mol. The van der Waals surface area contributed by atoms with E-state index in [1.54, 1.807) is 20.8 Å². The lowest BCUT2D eigenvalue weighted by Crippen LogP contribution is -2.41. The fourth-order valence-electron chi connectivity index (χ4n) is 2.49. The minimum absolute atomic E-state index is 0.108. The zero-order chi connectivity index (χ0) is 17.4. The molecule has 1 aliphatic rings. The quantitative estimate of drug-likeness (QED) is 0.726. The zero-order valence-electron chi connectivity index (χ0n) is 13.5. The van der Waals surface area contributed by atoms with E-state index in [0.29, 0.717) is 12.0 Å². The van der Waals surface area contributed by atoms with Crippen LogP contribution in [0.1, 0.15) is 38.7 Å². The van der Waals surface area contributed by atoms with E-state index in [1.807, 2.05) is 0 Å². The van der Waals surface area contributed by atoms with Crippen LogP contribution in [0.3, 0.4) is 0 Å². The number of benzene rings is 1. The Balaban J connectivity index is 2.45. The number of rotatable bonds is 1. The lowest BCUT2D eigenvalue weighted by atomic mass is 9.90. The molecule has 7 heteroatoms. The fraction of sp³-hybridized carbons (Fsp3) is 0.500. The highest BCUT2D eigenvalue weighted by Crippen LogP contribution is 2.39. The van der Waals surface area contributed by atoms with Gasteiger partial charge in [0.05, 0.1) is 23.7 Å². The van der Waals surface area contributed by atoms with E-state index in [4.69, 9.17) is 21.1 Å². The first-order valence-electron chi connectivity index (χ1n) is 7.21.